The topological polar surface area (TPSA) is 98.6 Å². The summed E-state index contributed by atoms with van der Waals surface area (Å²) in [6.45, 7) is 1.81. The van der Waals surface area contributed by atoms with Crippen molar-refractivity contribution in [3.63, 3.8) is 0 Å². The van der Waals surface area contributed by atoms with Gasteiger partial charge >= 0.3 is 0 Å². The van der Waals surface area contributed by atoms with Crippen molar-refractivity contribution in [2.24, 2.45) is 0 Å². The van der Waals surface area contributed by atoms with Gasteiger partial charge in [-0.15, -0.1) is 0 Å². The Bertz CT molecular complexity index is 1370. The Balaban J connectivity index is 0.000000732. The summed E-state index contributed by atoms with van der Waals surface area (Å²) in [6.07, 6.45) is 6.86. The molecular weight excluding hydrogens is 593 g/mol. The number of aryl methyl sites for hydroxylation is 2. The van der Waals surface area contributed by atoms with Crippen molar-refractivity contribution in [3.8, 4) is 0 Å². The highest BCUT2D eigenvalue weighted by atomic mass is 35.5. The van der Waals surface area contributed by atoms with Crippen LogP contribution in [0.3, 0.4) is 0 Å². The van der Waals surface area contributed by atoms with E-state index in [-0.39, 0.29) is 6.10 Å². The lowest BCUT2D eigenvalue weighted by atomic mass is 10.1. The van der Waals surface area contributed by atoms with Crippen LogP contribution in [0.5, 0.6) is 0 Å². The van der Waals surface area contributed by atoms with Gasteiger partial charge in [-0.1, -0.05) is 88.9 Å². The highest BCUT2D eigenvalue weighted by Gasteiger charge is 2.20. The minimum atomic E-state index is -4.89. The van der Waals surface area contributed by atoms with Gasteiger partial charge < -0.3 is 19.4 Å². The average Bonchev–Trinajstić information content (AvgIpc) is 3.28. The van der Waals surface area contributed by atoms with Crippen LogP contribution in [-0.2, 0) is 35.4 Å². The lowest BCUT2D eigenvalue weighted by Crippen LogP contribution is -2.35. The van der Waals surface area contributed by atoms with E-state index < -0.39 is 7.82 Å². The number of benzene rings is 3. The van der Waals surface area contributed by atoms with Crippen molar-refractivity contribution in [3.05, 3.63) is 122 Å². The molecule has 0 saturated heterocycles. The van der Waals surface area contributed by atoms with Crippen LogP contribution in [0.2, 0.25) is 20.1 Å². The van der Waals surface area contributed by atoms with Gasteiger partial charge in [0.25, 0.3) is 7.82 Å². The summed E-state index contributed by atoms with van der Waals surface area (Å²) in [5.41, 5.74) is 3.05. The number of hydrogen-bond acceptors (Lipinski definition) is 3. The van der Waals surface area contributed by atoms with E-state index >= 15 is 0 Å². The molecule has 202 valence electrons. The van der Waals surface area contributed by atoms with Crippen LogP contribution in [0.15, 0.2) is 85.5 Å². The monoisotopic (exact) mass is 616 g/mol. The number of halogens is 4. The van der Waals surface area contributed by atoms with Crippen molar-refractivity contribution in [1.29, 1.82) is 0 Å². The van der Waals surface area contributed by atoms with Crippen molar-refractivity contribution in [1.82, 2.24) is 4.57 Å². The maximum Gasteiger partial charge on any atom is 0.262 e. The van der Waals surface area contributed by atoms with Crippen molar-refractivity contribution in [2.45, 2.75) is 32.2 Å². The molecule has 3 aromatic carbocycles. The number of nitrogens with zero attached hydrogens (tertiary/aromatic N) is 2. The van der Waals surface area contributed by atoms with Gasteiger partial charge in [0.1, 0.15) is 25.0 Å². The van der Waals surface area contributed by atoms with Crippen LogP contribution in [0, 0.1) is 0 Å². The van der Waals surface area contributed by atoms with Crippen molar-refractivity contribution in [2.75, 3.05) is 0 Å². The molecule has 0 aliphatic rings. The summed E-state index contributed by atoms with van der Waals surface area (Å²) < 4.78 is 19.4. The third kappa shape index (κ3) is 10.7. The van der Waals surface area contributed by atoms with E-state index in [0.717, 1.165) is 24.1 Å². The fraction of sp³-hybridized carbons (Fsp3) is 0.192. The molecule has 1 aromatic heterocycles. The molecule has 0 fully saturated rings. The molecule has 0 amide bonds. The Labute approximate surface area is 241 Å². The lowest BCUT2D eigenvalue weighted by molar-refractivity contribution is -0.704. The number of imidazole rings is 1. The first-order valence-electron chi connectivity index (χ1n) is 11.3. The third-order valence-electron chi connectivity index (χ3n) is 5.39. The van der Waals surface area contributed by atoms with Crippen LogP contribution >= 0.6 is 54.2 Å². The van der Waals surface area contributed by atoms with E-state index in [4.69, 9.17) is 70.4 Å². The molecule has 12 heteroatoms. The molecule has 1 heterocycles. The van der Waals surface area contributed by atoms with E-state index in [1.807, 2.05) is 30.5 Å². The summed E-state index contributed by atoms with van der Waals surface area (Å²) in [5.74, 6) is 0. The molecule has 38 heavy (non-hydrogen) atoms. The smallest absolute Gasteiger partial charge is 0.262 e. The van der Waals surface area contributed by atoms with E-state index in [9.17, 15) is 0 Å². The molecule has 4 rings (SSSR count). The fourth-order valence-electron chi connectivity index (χ4n) is 3.61. The van der Waals surface area contributed by atoms with Crippen LogP contribution in [0.25, 0.3) is 0 Å². The highest BCUT2D eigenvalue weighted by molar-refractivity contribution is 7.43. The third-order valence-corrected chi connectivity index (χ3v) is 6.54. The summed E-state index contributed by atoms with van der Waals surface area (Å²) in [6, 6.07) is 21.3. The predicted molar refractivity (Wildman–Crippen MR) is 147 cm³/mol. The minimum absolute atomic E-state index is 0.295. The molecule has 1 atom stereocenters. The summed E-state index contributed by atoms with van der Waals surface area (Å²) in [4.78, 5) is 22.9. The number of rotatable bonds is 9. The molecular formula is C26H25Cl4N2O5P. The molecule has 0 radical (unpaired) electrons. The number of ether oxygens (including phenoxy) is 1. The van der Waals surface area contributed by atoms with E-state index in [1.165, 1.54) is 5.56 Å². The zero-order valence-corrected chi connectivity index (χ0v) is 23.9. The zero-order chi connectivity index (χ0) is 27.7. The summed E-state index contributed by atoms with van der Waals surface area (Å²) in [7, 11) is -4.89. The molecule has 4 aromatic rings. The Kier molecular flexibility index (Phi) is 11.7. The molecule has 0 aliphatic carbocycles. The largest absolute Gasteiger partial charge is 0.756 e. The first-order valence-corrected chi connectivity index (χ1v) is 14.4. The van der Waals surface area contributed by atoms with Gasteiger partial charge in [-0.05, 0) is 35.4 Å². The molecule has 7 nitrogen and oxygen atoms in total. The van der Waals surface area contributed by atoms with Gasteiger partial charge in [-0.2, -0.15) is 0 Å². The lowest BCUT2D eigenvalue weighted by Gasteiger charge is -2.19. The second-order valence-corrected chi connectivity index (χ2v) is 10.9. The zero-order valence-electron chi connectivity index (χ0n) is 20.0. The summed E-state index contributed by atoms with van der Waals surface area (Å²) >= 11 is 25.0. The molecule has 0 bridgehead atoms. The minimum Gasteiger partial charge on any atom is -0.756 e. The molecule has 0 saturated carbocycles. The Morgan fingerprint density at radius 3 is 2.21 bits per heavy atom. The first kappa shape index (κ1) is 30.6. The predicted octanol–water partition coefficient (Wildman–Crippen LogP) is 6.03. The fourth-order valence-corrected chi connectivity index (χ4v) is 4.60. The Morgan fingerprint density at radius 2 is 1.58 bits per heavy atom. The van der Waals surface area contributed by atoms with Gasteiger partial charge in [-0.3, -0.25) is 4.57 Å². The van der Waals surface area contributed by atoms with Crippen LogP contribution in [0.4, 0.5) is 0 Å². The molecule has 0 spiro atoms. The maximum absolute atomic E-state index is 8.77. The van der Waals surface area contributed by atoms with E-state index in [2.05, 4.69) is 45.9 Å². The maximum atomic E-state index is 8.77. The van der Waals surface area contributed by atoms with Crippen molar-refractivity contribution < 1.29 is 28.5 Å². The normalized spacial score (nSPS) is 12.1. The van der Waals surface area contributed by atoms with Gasteiger partial charge in [-0.25, -0.2) is 9.13 Å². The number of phosphoric acid groups is 1. The van der Waals surface area contributed by atoms with Gasteiger partial charge in [0, 0.05) is 32.1 Å². The molecule has 2 N–H and O–H groups in total. The van der Waals surface area contributed by atoms with Crippen LogP contribution in [-0.4, -0.2) is 14.4 Å². The SMILES string of the molecule is Clc1ccc(COC(C[n+]2ccn(CCc3ccccc3)c2)c2ccc(Cl)cc2Cl)c(Cl)c1.O=P([O-])(O)O. The first-order chi connectivity index (χ1) is 18.0. The summed E-state index contributed by atoms with van der Waals surface area (Å²) in [5, 5.41) is 2.32. The van der Waals surface area contributed by atoms with Gasteiger partial charge in [0.2, 0.25) is 6.33 Å². The van der Waals surface area contributed by atoms with Crippen LogP contribution < -0.4 is 9.46 Å². The quantitative estimate of drug-likeness (QED) is 0.177. The standard InChI is InChI=1S/C26H23Cl4N2O.H3O4P/c27-21-7-6-20(24(29)14-21)17-33-26(23-9-8-22(28)15-25(23)30)16-32-13-12-31(18-32)11-10-19-4-2-1-3-5-19;1-5(2,3)4/h1-9,12-15,18,26H,10-11,16-17H2;(H3,1,2,3,4)/q+1;/p-1. The number of hydrogen-bond donors (Lipinski definition) is 2. The molecule has 1 unspecified atom stereocenters. The van der Waals surface area contributed by atoms with Gasteiger partial charge in [0.05, 0.1) is 13.2 Å². The van der Waals surface area contributed by atoms with Crippen LogP contribution in [0.1, 0.15) is 22.8 Å². The van der Waals surface area contributed by atoms with Gasteiger partial charge in [0.15, 0.2) is 0 Å². The van der Waals surface area contributed by atoms with E-state index in [0.29, 0.717) is 33.2 Å². The Morgan fingerprint density at radius 1 is 0.947 bits per heavy atom. The average molecular weight is 618 g/mol. The second-order valence-electron chi connectivity index (χ2n) is 8.28. The van der Waals surface area contributed by atoms with Crippen molar-refractivity contribution >= 4 is 54.2 Å². The Hall–Kier alpha value is -1.90. The highest BCUT2D eigenvalue weighted by Crippen LogP contribution is 2.31. The molecule has 0 aliphatic heterocycles. The number of aromatic nitrogens is 2. The second kappa shape index (κ2) is 14.5. The van der Waals surface area contributed by atoms with E-state index in [1.54, 1.807) is 18.2 Å².